The summed E-state index contributed by atoms with van der Waals surface area (Å²) in [5.74, 6) is 3.32. The Morgan fingerprint density at radius 2 is 2.12 bits per heavy atom. The highest BCUT2D eigenvalue weighted by molar-refractivity contribution is 14.0. The summed E-state index contributed by atoms with van der Waals surface area (Å²) < 4.78 is 16.8. The third kappa shape index (κ3) is 8.73. The van der Waals surface area contributed by atoms with Gasteiger partial charge in [0.25, 0.3) is 0 Å². The molecule has 7 heteroatoms. The monoisotopic (exact) mass is 479 g/mol. The van der Waals surface area contributed by atoms with E-state index in [2.05, 4.69) is 29.5 Å². The van der Waals surface area contributed by atoms with Crippen molar-refractivity contribution in [2.24, 2.45) is 10.9 Å². The molecule has 1 aliphatic rings. The smallest absolute Gasteiger partial charge is 0.191 e. The summed E-state index contributed by atoms with van der Waals surface area (Å²) in [7, 11) is 0. The molecule has 1 saturated heterocycles. The van der Waals surface area contributed by atoms with Gasteiger partial charge in [-0.05, 0) is 58.1 Å². The Balaban J connectivity index is 0.00000338. The van der Waals surface area contributed by atoms with Crippen molar-refractivity contribution in [2.45, 2.75) is 46.1 Å². The minimum atomic E-state index is 0. The number of halogens is 1. The number of hydrogen-bond acceptors (Lipinski definition) is 4. The zero-order valence-electron chi connectivity index (χ0n) is 16.3. The van der Waals surface area contributed by atoms with Crippen LogP contribution in [0.2, 0.25) is 0 Å². The fraction of sp³-hybridized carbons (Fsp3) is 0.737. The number of rotatable bonds is 9. The van der Waals surface area contributed by atoms with Crippen molar-refractivity contribution >= 4 is 29.9 Å². The number of aryl methyl sites for hydroxylation is 1. The number of aliphatic imine (C=N–C) groups is 1. The van der Waals surface area contributed by atoms with Crippen LogP contribution in [0.5, 0.6) is 0 Å². The average molecular weight is 479 g/mol. The first-order valence-electron chi connectivity index (χ1n) is 9.45. The summed E-state index contributed by atoms with van der Waals surface area (Å²) >= 11 is 0. The largest absolute Gasteiger partial charge is 0.464 e. The van der Waals surface area contributed by atoms with Crippen molar-refractivity contribution in [1.82, 2.24) is 10.6 Å². The Morgan fingerprint density at radius 1 is 1.35 bits per heavy atom. The topological polar surface area (TPSA) is 68.0 Å². The second-order valence-electron chi connectivity index (χ2n) is 6.56. The van der Waals surface area contributed by atoms with Gasteiger partial charge in [-0.15, -0.1) is 24.0 Å². The van der Waals surface area contributed by atoms with Gasteiger partial charge in [-0.2, -0.15) is 0 Å². The molecule has 1 aliphatic heterocycles. The predicted molar refractivity (Wildman–Crippen MR) is 115 cm³/mol. The molecule has 0 saturated carbocycles. The van der Waals surface area contributed by atoms with Gasteiger partial charge in [-0.3, -0.25) is 4.99 Å². The van der Waals surface area contributed by atoms with E-state index in [1.165, 1.54) is 0 Å². The third-order valence-electron chi connectivity index (χ3n) is 4.30. The van der Waals surface area contributed by atoms with E-state index in [0.717, 1.165) is 76.3 Å². The highest BCUT2D eigenvalue weighted by Gasteiger charge is 2.13. The van der Waals surface area contributed by atoms with Crippen molar-refractivity contribution < 1.29 is 13.9 Å². The van der Waals surface area contributed by atoms with E-state index in [1.807, 2.05) is 19.1 Å². The summed E-state index contributed by atoms with van der Waals surface area (Å²) in [6.45, 7) is 11.0. The lowest BCUT2D eigenvalue weighted by Crippen LogP contribution is -2.38. The van der Waals surface area contributed by atoms with Crippen LogP contribution in [0.4, 0.5) is 0 Å². The zero-order valence-corrected chi connectivity index (χ0v) is 18.6. The first-order chi connectivity index (χ1) is 12.2. The molecule has 1 aromatic heterocycles. The number of furan rings is 1. The number of guanidine groups is 1. The van der Waals surface area contributed by atoms with Crippen molar-refractivity contribution in [2.75, 3.05) is 39.5 Å². The fourth-order valence-electron chi connectivity index (χ4n) is 2.80. The van der Waals surface area contributed by atoms with Crippen LogP contribution in [0.25, 0.3) is 0 Å². The van der Waals surface area contributed by atoms with Crippen LogP contribution in [0, 0.1) is 12.8 Å². The van der Waals surface area contributed by atoms with Crippen LogP contribution >= 0.6 is 24.0 Å². The maximum absolute atomic E-state index is 5.79. The lowest BCUT2D eigenvalue weighted by atomic mass is 10.0. The lowest BCUT2D eigenvalue weighted by molar-refractivity contribution is 0.0205. The summed E-state index contributed by atoms with van der Waals surface area (Å²) in [6, 6.07) is 4.06. The number of hydrogen-bond donors (Lipinski definition) is 2. The van der Waals surface area contributed by atoms with Gasteiger partial charge in [0.1, 0.15) is 11.5 Å². The van der Waals surface area contributed by atoms with Crippen LogP contribution in [0.1, 0.15) is 50.7 Å². The molecule has 2 N–H and O–H groups in total. The third-order valence-corrected chi connectivity index (χ3v) is 4.30. The molecular formula is C19H34IN3O3. The molecule has 0 amide bonds. The van der Waals surface area contributed by atoms with Crippen molar-refractivity contribution in [3.8, 4) is 0 Å². The zero-order chi connectivity index (χ0) is 17.9. The van der Waals surface area contributed by atoms with Crippen molar-refractivity contribution in [3.05, 3.63) is 23.7 Å². The van der Waals surface area contributed by atoms with E-state index in [0.29, 0.717) is 5.92 Å². The summed E-state index contributed by atoms with van der Waals surface area (Å²) in [4.78, 5) is 4.62. The number of ether oxygens (including phenoxy) is 2. The van der Waals surface area contributed by atoms with Crippen LogP contribution < -0.4 is 10.6 Å². The van der Waals surface area contributed by atoms with Crippen LogP contribution in [-0.2, 0) is 9.47 Å². The Hall–Kier alpha value is -0.800. The highest BCUT2D eigenvalue weighted by Crippen LogP contribution is 2.15. The molecule has 0 bridgehead atoms. The van der Waals surface area contributed by atoms with Gasteiger partial charge in [-0.25, -0.2) is 0 Å². The second kappa shape index (κ2) is 13.4. The molecule has 2 rings (SSSR count). The fourth-order valence-corrected chi connectivity index (χ4v) is 2.80. The molecule has 0 radical (unpaired) electrons. The van der Waals surface area contributed by atoms with Crippen molar-refractivity contribution in [3.63, 3.8) is 0 Å². The minimum Gasteiger partial charge on any atom is -0.464 e. The molecule has 1 aromatic rings. The van der Waals surface area contributed by atoms with Gasteiger partial charge in [0.15, 0.2) is 5.96 Å². The van der Waals surface area contributed by atoms with E-state index < -0.39 is 0 Å². The Kier molecular flexibility index (Phi) is 12.0. The van der Waals surface area contributed by atoms with E-state index in [4.69, 9.17) is 13.9 Å². The minimum absolute atomic E-state index is 0. The van der Waals surface area contributed by atoms with E-state index in [-0.39, 0.29) is 30.0 Å². The van der Waals surface area contributed by atoms with Crippen LogP contribution in [0.3, 0.4) is 0 Å². The SMILES string of the molecule is CCNC(=NCCCOCC1CCOCC1)NC(C)c1ccc(C)o1.I. The molecule has 150 valence electrons. The molecule has 0 aliphatic carbocycles. The maximum Gasteiger partial charge on any atom is 0.191 e. The molecule has 1 unspecified atom stereocenters. The van der Waals surface area contributed by atoms with Gasteiger partial charge in [0.2, 0.25) is 0 Å². The summed E-state index contributed by atoms with van der Waals surface area (Å²) in [5, 5.41) is 6.66. The van der Waals surface area contributed by atoms with E-state index >= 15 is 0 Å². The highest BCUT2D eigenvalue weighted by atomic mass is 127. The molecule has 0 spiro atoms. The molecule has 6 nitrogen and oxygen atoms in total. The van der Waals surface area contributed by atoms with Gasteiger partial charge < -0.3 is 24.5 Å². The normalized spacial score (nSPS) is 16.8. The van der Waals surface area contributed by atoms with E-state index in [1.54, 1.807) is 0 Å². The average Bonchev–Trinajstić information content (AvgIpc) is 3.05. The van der Waals surface area contributed by atoms with Gasteiger partial charge in [0, 0.05) is 39.5 Å². The number of nitrogens with zero attached hydrogens (tertiary/aromatic N) is 1. The molecule has 1 fully saturated rings. The molecular weight excluding hydrogens is 445 g/mol. The van der Waals surface area contributed by atoms with Crippen molar-refractivity contribution in [1.29, 1.82) is 0 Å². The molecule has 1 atom stereocenters. The Morgan fingerprint density at radius 3 is 2.77 bits per heavy atom. The molecule has 2 heterocycles. The first-order valence-corrected chi connectivity index (χ1v) is 9.45. The summed E-state index contributed by atoms with van der Waals surface area (Å²) in [5.41, 5.74) is 0. The maximum atomic E-state index is 5.79. The lowest BCUT2D eigenvalue weighted by Gasteiger charge is -2.21. The Labute approximate surface area is 174 Å². The van der Waals surface area contributed by atoms with Gasteiger partial charge in [0.05, 0.1) is 6.04 Å². The van der Waals surface area contributed by atoms with Gasteiger partial charge >= 0.3 is 0 Å². The molecule has 26 heavy (non-hydrogen) atoms. The number of nitrogens with one attached hydrogen (secondary N) is 2. The quantitative estimate of drug-likeness (QED) is 0.245. The standard InChI is InChI=1S/C19H33N3O3.HI/c1-4-20-19(22-16(3)18-7-6-15(2)25-18)21-10-5-11-24-14-17-8-12-23-13-9-17;/h6-7,16-17H,4-5,8-14H2,1-3H3,(H2,20,21,22);1H. The Bertz CT molecular complexity index is 516. The summed E-state index contributed by atoms with van der Waals surface area (Å²) in [6.07, 6.45) is 3.17. The van der Waals surface area contributed by atoms with Crippen LogP contribution in [0.15, 0.2) is 21.5 Å². The molecule has 0 aromatic carbocycles. The van der Waals surface area contributed by atoms with Crippen LogP contribution in [-0.4, -0.2) is 45.5 Å². The van der Waals surface area contributed by atoms with Gasteiger partial charge in [-0.1, -0.05) is 0 Å². The first kappa shape index (κ1) is 23.2. The predicted octanol–water partition coefficient (Wildman–Crippen LogP) is 3.66. The second-order valence-corrected chi connectivity index (χ2v) is 6.56. The van der Waals surface area contributed by atoms with E-state index in [9.17, 15) is 0 Å².